The number of rotatable bonds is 7. The maximum Gasteiger partial charge on any atom is 0.341 e. The minimum absolute atomic E-state index is 0.340. The first-order chi connectivity index (χ1) is 8.69. The normalized spacial score (nSPS) is 11.9. The highest BCUT2D eigenvalue weighted by Gasteiger charge is 2.13. The summed E-state index contributed by atoms with van der Waals surface area (Å²) < 4.78 is 10.0. The second-order valence-corrected chi connectivity index (χ2v) is 4.06. The minimum atomic E-state index is -0.354. The summed E-state index contributed by atoms with van der Waals surface area (Å²) in [4.78, 5) is 15.9. The third kappa shape index (κ3) is 4.33. The van der Waals surface area contributed by atoms with Crippen LogP contribution in [-0.4, -0.2) is 37.8 Å². The molecule has 1 rings (SSSR count). The number of pyridine rings is 1. The predicted octanol–water partition coefficient (Wildman–Crippen LogP) is 1.95. The fraction of sp³-hybridized carbons (Fsp3) is 0.538. The molecule has 100 valence electrons. The first-order valence-electron chi connectivity index (χ1n) is 6.04. The van der Waals surface area contributed by atoms with E-state index in [1.165, 1.54) is 0 Å². The van der Waals surface area contributed by atoms with Crippen molar-refractivity contribution in [2.24, 2.45) is 5.92 Å². The van der Waals surface area contributed by atoms with Gasteiger partial charge >= 0.3 is 5.97 Å². The highest BCUT2D eigenvalue weighted by molar-refractivity contribution is 5.94. The zero-order valence-corrected chi connectivity index (χ0v) is 11.1. The predicted molar refractivity (Wildman–Crippen MR) is 69.7 cm³/mol. The molecular formula is C13H20N2O3. The van der Waals surface area contributed by atoms with Gasteiger partial charge in [0.15, 0.2) is 0 Å². The average Bonchev–Trinajstić information content (AvgIpc) is 2.37. The fourth-order valence-electron chi connectivity index (χ4n) is 1.53. The lowest BCUT2D eigenvalue weighted by Gasteiger charge is -2.14. The summed E-state index contributed by atoms with van der Waals surface area (Å²) in [6.45, 7) is 5.55. The van der Waals surface area contributed by atoms with Crippen molar-refractivity contribution in [3.8, 4) is 0 Å². The number of methoxy groups -OCH3 is 1. The molecular weight excluding hydrogens is 232 g/mol. The quantitative estimate of drug-likeness (QED) is 0.752. The standard InChI is InChI=1S/C13H20N2O3/c1-4-18-13(16)11-6-5-7-14-12(11)15-8-10(2)9-17-3/h5-7,10H,4,8-9H2,1-3H3,(H,14,15). The third-order valence-corrected chi connectivity index (χ3v) is 2.37. The lowest BCUT2D eigenvalue weighted by atomic mass is 10.2. The molecule has 0 aromatic carbocycles. The molecule has 1 aromatic heterocycles. The molecule has 0 bridgehead atoms. The van der Waals surface area contributed by atoms with Gasteiger partial charge in [-0.3, -0.25) is 0 Å². The van der Waals surface area contributed by atoms with Crippen LogP contribution >= 0.6 is 0 Å². The van der Waals surface area contributed by atoms with Crippen LogP contribution in [-0.2, 0) is 9.47 Å². The molecule has 0 aliphatic heterocycles. The lowest BCUT2D eigenvalue weighted by molar-refractivity contribution is 0.0527. The van der Waals surface area contributed by atoms with Gasteiger partial charge in [-0.15, -0.1) is 0 Å². The number of carbonyl (C=O) groups excluding carboxylic acids is 1. The first kappa shape index (κ1) is 14.4. The monoisotopic (exact) mass is 252 g/mol. The van der Waals surface area contributed by atoms with Crippen LogP contribution in [0.15, 0.2) is 18.3 Å². The first-order valence-corrected chi connectivity index (χ1v) is 6.04. The summed E-state index contributed by atoms with van der Waals surface area (Å²) in [5.74, 6) is 0.540. The van der Waals surface area contributed by atoms with Crippen LogP contribution < -0.4 is 5.32 Å². The van der Waals surface area contributed by atoms with Crippen molar-refractivity contribution in [3.05, 3.63) is 23.9 Å². The highest BCUT2D eigenvalue weighted by Crippen LogP contribution is 2.13. The molecule has 0 fully saturated rings. The van der Waals surface area contributed by atoms with Crippen LogP contribution in [0, 0.1) is 5.92 Å². The molecule has 0 aliphatic carbocycles. The Labute approximate surface area is 108 Å². The summed E-state index contributed by atoms with van der Waals surface area (Å²) in [6.07, 6.45) is 1.64. The van der Waals surface area contributed by atoms with Gasteiger partial charge in [-0.05, 0) is 25.0 Å². The van der Waals surface area contributed by atoms with Gasteiger partial charge in [0.05, 0.1) is 13.2 Å². The van der Waals surface area contributed by atoms with E-state index in [0.717, 1.165) is 0 Å². The number of anilines is 1. The van der Waals surface area contributed by atoms with Gasteiger partial charge in [-0.25, -0.2) is 9.78 Å². The SMILES string of the molecule is CCOC(=O)c1cccnc1NCC(C)COC. The summed E-state index contributed by atoms with van der Waals surface area (Å²) in [5, 5.41) is 3.15. The minimum Gasteiger partial charge on any atom is -0.462 e. The van der Waals surface area contributed by atoms with Crippen molar-refractivity contribution in [1.82, 2.24) is 4.98 Å². The number of ether oxygens (including phenoxy) is 2. The Bertz CT molecular complexity index is 382. The Morgan fingerprint density at radius 2 is 2.33 bits per heavy atom. The van der Waals surface area contributed by atoms with Crippen molar-refractivity contribution in [3.63, 3.8) is 0 Å². The van der Waals surface area contributed by atoms with Gasteiger partial charge in [0, 0.05) is 19.9 Å². The third-order valence-electron chi connectivity index (χ3n) is 2.37. The van der Waals surface area contributed by atoms with E-state index >= 15 is 0 Å². The van der Waals surface area contributed by atoms with Crippen LogP contribution in [0.3, 0.4) is 0 Å². The second-order valence-electron chi connectivity index (χ2n) is 4.06. The molecule has 0 aliphatic rings. The van der Waals surface area contributed by atoms with E-state index in [1.54, 1.807) is 32.4 Å². The van der Waals surface area contributed by atoms with E-state index in [1.807, 2.05) is 0 Å². The molecule has 0 amide bonds. The number of hydrogen-bond donors (Lipinski definition) is 1. The molecule has 0 radical (unpaired) electrons. The summed E-state index contributed by atoms with van der Waals surface area (Å²) in [5.41, 5.74) is 0.462. The van der Waals surface area contributed by atoms with Gasteiger partial charge in [0.25, 0.3) is 0 Å². The number of nitrogens with zero attached hydrogens (tertiary/aromatic N) is 1. The largest absolute Gasteiger partial charge is 0.462 e. The van der Waals surface area contributed by atoms with E-state index < -0.39 is 0 Å². The summed E-state index contributed by atoms with van der Waals surface area (Å²) in [6, 6.07) is 3.42. The van der Waals surface area contributed by atoms with Gasteiger partial charge in [0.2, 0.25) is 0 Å². The van der Waals surface area contributed by atoms with Crippen molar-refractivity contribution in [1.29, 1.82) is 0 Å². The smallest absolute Gasteiger partial charge is 0.341 e. The van der Waals surface area contributed by atoms with Crippen LogP contribution in [0.4, 0.5) is 5.82 Å². The van der Waals surface area contributed by atoms with E-state index in [9.17, 15) is 4.79 Å². The molecule has 0 saturated heterocycles. The van der Waals surface area contributed by atoms with Crippen molar-refractivity contribution >= 4 is 11.8 Å². The number of aromatic nitrogens is 1. The van der Waals surface area contributed by atoms with Gasteiger partial charge in [0.1, 0.15) is 11.4 Å². The van der Waals surface area contributed by atoms with E-state index in [-0.39, 0.29) is 5.97 Å². The van der Waals surface area contributed by atoms with Crippen LogP contribution in [0.2, 0.25) is 0 Å². The van der Waals surface area contributed by atoms with E-state index in [0.29, 0.717) is 37.1 Å². The molecule has 1 unspecified atom stereocenters. The Hall–Kier alpha value is -1.62. The number of carbonyl (C=O) groups is 1. The van der Waals surface area contributed by atoms with Gasteiger partial charge in [-0.1, -0.05) is 6.92 Å². The highest BCUT2D eigenvalue weighted by atomic mass is 16.5. The summed E-state index contributed by atoms with van der Waals surface area (Å²) >= 11 is 0. The number of esters is 1. The maximum atomic E-state index is 11.7. The summed E-state index contributed by atoms with van der Waals surface area (Å²) in [7, 11) is 1.67. The van der Waals surface area contributed by atoms with Crippen LogP contribution in [0.5, 0.6) is 0 Å². The molecule has 0 saturated carbocycles. The Balaban J connectivity index is 2.67. The van der Waals surface area contributed by atoms with E-state index in [2.05, 4.69) is 17.2 Å². The zero-order chi connectivity index (χ0) is 13.4. The Morgan fingerprint density at radius 3 is 3.00 bits per heavy atom. The average molecular weight is 252 g/mol. The maximum absolute atomic E-state index is 11.7. The molecule has 0 spiro atoms. The van der Waals surface area contributed by atoms with Gasteiger partial charge in [-0.2, -0.15) is 0 Å². The van der Waals surface area contributed by atoms with Crippen molar-refractivity contribution in [2.75, 3.05) is 32.2 Å². The molecule has 18 heavy (non-hydrogen) atoms. The van der Waals surface area contributed by atoms with Crippen LogP contribution in [0.1, 0.15) is 24.2 Å². The Kier molecular flexibility index (Phi) is 6.14. The molecule has 1 N–H and O–H groups in total. The number of hydrogen-bond acceptors (Lipinski definition) is 5. The molecule has 1 aromatic rings. The van der Waals surface area contributed by atoms with Crippen LogP contribution in [0.25, 0.3) is 0 Å². The molecule has 5 nitrogen and oxygen atoms in total. The molecule has 1 heterocycles. The molecule has 5 heteroatoms. The Morgan fingerprint density at radius 1 is 1.56 bits per heavy atom. The van der Waals surface area contributed by atoms with E-state index in [4.69, 9.17) is 9.47 Å². The molecule has 1 atom stereocenters. The number of nitrogens with one attached hydrogen (secondary N) is 1. The second kappa shape index (κ2) is 7.66. The van der Waals surface area contributed by atoms with Gasteiger partial charge < -0.3 is 14.8 Å². The fourth-order valence-corrected chi connectivity index (χ4v) is 1.53. The lowest BCUT2D eigenvalue weighted by Crippen LogP contribution is -2.18. The van der Waals surface area contributed by atoms with Crippen molar-refractivity contribution in [2.45, 2.75) is 13.8 Å². The van der Waals surface area contributed by atoms with Crippen molar-refractivity contribution < 1.29 is 14.3 Å². The topological polar surface area (TPSA) is 60.5 Å². The zero-order valence-electron chi connectivity index (χ0n) is 11.1.